The Morgan fingerprint density at radius 1 is 0.857 bits per heavy atom. The zero-order valence-electron chi connectivity index (χ0n) is 15.5. The summed E-state index contributed by atoms with van der Waals surface area (Å²) in [6.07, 6.45) is 0. The van der Waals surface area contributed by atoms with E-state index in [0.29, 0.717) is 11.0 Å². The Morgan fingerprint density at radius 2 is 1.64 bits per heavy atom. The van der Waals surface area contributed by atoms with Crippen LogP contribution in [0.4, 0.5) is 23.1 Å². The number of benzene rings is 3. The standard InChI is InChI=1S/C22H19ClN4O/c1-14-18(23)7-5-9-19(14)25-22-26-20-8-4-3-6-17(20)21(27-22)24-15-10-12-16(28-2)13-11-15/h3-13H,1-2H3,(H2,24,25,26,27). The lowest BCUT2D eigenvalue weighted by atomic mass is 10.2. The van der Waals surface area contributed by atoms with Crippen LogP contribution in [0.1, 0.15) is 5.56 Å². The third-order valence-corrected chi connectivity index (χ3v) is 4.88. The Kier molecular flexibility index (Phi) is 5.00. The Balaban J connectivity index is 1.73. The smallest absolute Gasteiger partial charge is 0.229 e. The number of fused-ring (bicyclic) bond motifs is 1. The van der Waals surface area contributed by atoms with E-state index >= 15 is 0 Å². The number of anilines is 4. The Labute approximate surface area is 168 Å². The van der Waals surface area contributed by atoms with Crippen molar-refractivity contribution >= 4 is 45.6 Å². The van der Waals surface area contributed by atoms with E-state index in [1.165, 1.54) is 0 Å². The van der Waals surface area contributed by atoms with Gasteiger partial charge in [-0.3, -0.25) is 0 Å². The molecule has 4 aromatic rings. The summed E-state index contributed by atoms with van der Waals surface area (Å²) in [5.74, 6) is 2.02. The summed E-state index contributed by atoms with van der Waals surface area (Å²) >= 11 is 6.24. The first-order chi connectivity index (χ1) is 13.6. The second-order valence-electron chi connectivity index (χ2n) is 6.30. The maximum Gasteiger partial charge on any atom is 0.229 e. The second-order valence-corrected chi connectivity index (χ2v) is 6.71. The highest BCUT2D eigenvalue weighted by Crippen LogP contribution is 2.29. The summed E-state index contributed by atoms with van der Waals surface area (Å²) in [5.41, 5.74) is 3.58. The van der Waals surface area contributed by atoms with Crippen molar-refractivity contribution in [3.63, 3.8) is 0 Å². The Hall–Kier alpha value is -3.31. The summed E-state index contributed by atoms with van der Waals surface area (Å²) in [6, 6.07) is 21.3. The highest BCUT2D eigenvalue weighted by atomic mass is 35.5. The van der Waals surface area contributed by atoms with E-state index in [2.05, 4.69) is 15.6 Å². The van der Waals surface area contributed by atoms with Gasteiger partial charge in [0.05, 0.1) is 12.6 Å². The van der Waals surface area contributed by atoms with Crippen molar-refractivity contribution in [1.29, 1.82) is 0 Å². The molecule has 0 aliphatic rings. The van der Waals surface area contributed by atoms with Gasteiger partial charge in [0.15, 0.2) is 0 Å². The van der Waals surface area contributed by atoms with Gasteiger partial charge in [0.1, 0.15) is 11.6 Å². The third kappa shape index (κ3) is 3.70. The predicted octanol–water partition coefficient (Wildman–Crippen LogP) is 6.09. The molecule has 140 valence electrons. The minimum atomic E-state index is 0.500. The van der Waals surface area contributed by atoms with Crippen LogP contribution in [0.2, 0.25) is 5.02 Å². The normalized spacial score (nSPS) is 10.7. The molecule has 0 saturated heterocycles. The number of ether oxygens (including phenoxy) is 1. The highest BCUT2D eigenvalue weighted by molar-refractivity contribution is 6.31. The van der Waals surface area contributed by atoms with Crippen molar-refractivity contribution in [1.82, 2.24) is 9.97 Å². The highest BCUT2D eigenvalue weighted by Gasteiger charge is 2.10. The van der Waals surface area contributed by atoms with Gasteiger partial charge in [-0.1, -0.05) is 29.8 Å². The Morgan fingerprint density at radius 3 is 2.43 bits per heavy atom. The fourth-order valence-electron chi connectivity index (χ4n) is 2.90. The molecular weight excluding hydrogens is 372 g/mol. The number of para-hydroxylation sites is 1. The lowest BCUT2D eigenvalue weighted by Gasteiger charge is -2.13. The number of nitrogens with one attached hydrogen (secondary N) is 2. The topological polar surface area (TPSA) is 59.1 Å². The van der Waals surface area contributed by atoms with Crippen molar-refractivity contribution in [2.45, 2.75) is 6.92 Å². The molecule has 4 rings (SSSR count). The molecule has 0 atom stereocenters. The van der Waals surface area contributed by atoms with Crippen LogP contribution >= 0.6 is 11.6 Å². The molecule has 5 nitrogen and oxygen atoms in total. The van der Waals surface area contributed by atoms with Crippen LogP contribution in [0.5, 0.6) is 5.75 Å². The molecule has 0 unspecified atom stereocenters. The van der Waals surface area contributed by atoms with Crippen molar-refractivity contribution in [3.8, 4) is 5.75 Å². The van der Waals surface area contributed by atoms with Gasteiger partial charge in [-0.15, -0.1) is 0 Å². The molecule has 0 radical (unpaired) electrons. The predicted molar refractivity (Wildman–Crippen MR) is 115 cm³/mol. The molecule has 1 aromatic heterocycles. The number of methoxy groups -OCH3 is 1. The first kappa shape index (κ1) is 18.1. The number of hydrogen-bond donors (Lipinski definition) is 2. The molecule has 0 saturated carbocycles. The van der Waals surface area contributed by atoms with Gasteiger partial charge < -0.3 is 15.4 Å². The molecule has 2 N–H and O–H groups in total. The van der Waals surface area contributed by atoms with E-state index < -0.39 is 0 Å². The van der Waals surface area contributed by atoms with Crippen LogP contribution in [0.25, 0.3) is 10.9 Å². The van der Waals surface area contributed by atoms with Crippen LogP contribution < -0.4 is 15.4 Å². The maximum absolute atomic E-state index is 6.24. The van der Waals surface area contributed by atoms with Crippen molar-refractivity contribution < 1.29 is 4.74 Å². The van der Waals surface area contributed by atoms with Gasteiger partial charge in [0.2, 0.25) is 5.95 Å². The molecule has 3 aromatic carbocycles. The first-order valence-corrected chi connectivity index (χ1v) is 9.22. The molecule has 0 aliphatic heterocycles. The van der Waals surface area contributed by atoms with Crippen LogP contribution in [0.3, 0.4) is 0 Å². The van der Waals surface area contributed by atoms with Crippen LogP contribution in [0, 0.1) is 6.92 Å². The fraction of sp³-hybridized carbons (Fsp3) is 0.0909. The number of nitrogens with zero attached hydrogens (tertiary/aromatic N) is 2. The molecule has 1 heterocycles. The van der Waals surface area contributed by atoms with E-state index in [-0.39, 0.29) is 0 Å². The van der Waals surface area contributed by atoms with E-state index in [0.717, 1.165) is 39.4 Å². The van der Waals surface area contributed by atoms with Gasteiger partial charge in [-0.2, -0.15) is 4.98 Å². The van der Waals surface area contributed by atoms with Crippen LogP contribution in [-0.4, -0.2) is 17.1 Å². The van der Waals surface area contributed by atoms with Gasteiger partial charge in [0, 0.05) is 21.8 Å². The summed E-state index contributed by atoms with van der Waals surface area (Å²) < 4.78 is 5.22. The second kappa shape index (κ2) is 7.74. The quantitative estimate of drug-likeness (QED) is 0.432. The molecule has 0 aliphatic carbocycles. The Bertz CT molecular complexity index is 1130. The molecular formula is C22H19ClN4O. The monoisotopic (exact) mass is 390 g/mol. The average Bonchev–Trinajstić information content (AvgIpc) is 2.72. The largest absolute Gasteiger partial charge is 0.497 e. The van der Waals surface area contributed by atoms with Crippen LogP contribution in [-0.2, 0) is 0 Å². The molecule has 0 spiro atoms. The average molecular weight is 391 g/mol. The van der Waals surface area contributed by atoms with E-state index in [1.807, 2.05) is 73.7 Å². The summed E-state index contributed by atoms with van der Waals surface area (Å²) in [4.78, 5) is 9.34. The number of aromatic nitrogens is 2. The summed E-state index contributed by atoms with van der Waals surface area (Å²) in [5, 5.41) is 8.29. The SMILES string of the molecule is COc1ccc(Nc2nc(Nc3cccc(Cl)c3C)nc3ccccc23)cc1. The van der Waals surface area contributed by atoms with Crippen molar-refractivity contribution in [3.05, 3.63) is 77.3 Å². The fourth-order valence-corrected chi connectivity index (χ4v) is 3.08. The lowest BCUT2D eigenvalue weighted by Crippen LogP contribution is -2.03. The van der Waals surface area contributed by atoms with Gasteiger partial charge in [0.25, 0.3) is 0 Å². The van der Waals surface area contributed by atoms with E-state index in [4.69, 9.17) is 21.3 Å². The zero-order chi connectivity index (χ0) is 19.5. The molecule has 6 heteroatoms. The molecule has 28 heavy (non-hydrogen) atoms. The van der Waals surface area contributed by atoms with Crippen molar-refractivity contribution in [2.24, 2.45) is 0 Å². The maximum atomic E-state index is 6.24. The van der Waals surface area contributed by atoms with Crippen molar-refractivity contribution in [2.75, 3.05) is 17.7 Å². The van der Waals surface area contributed by atoms with Gasteiger partial charge in [-0.05, 0) is 61.0 Å². The molecule has 0 fully saturated rings. The van der Waals surface area contributed by atoms with E-state index in [1.54, 1.807) is 7.11 Å². The van der Waals surface area contributed by atoms with E-state index in [9.17, 15) is 0 Å². The third-order valence-electron chi connectivity index (χ3n) is 4.47. The van der Waals surface area contributed by atoms with Crippen LogP contribution in [0.15, 0.2) is 66.7 Å². The minimum absolute atomic E-state index is 0.500. The zero-order valence-corrected chi connectivity index (χ0v) is 16.3. The van der Waals surface area contributed by atoms with Gasteiger partial charge in [-0.25, -0.2) is 4.98 Å². The summed E-state index contributed by atoms with van der Waals surface area (Å²) in [7, 11) is 1.65. The minimum Gasteiger partial charge on any atom is -0.497 e. The van der Waals surface area contributed by atoms with Gasteiger partial charge >= 0.3 is 0 Å². The summed E-state index contributed by atoms with van der Waals surface area (Å²) in [6.45, 7) is 1.96. The number of rotatable bonds is 5. The number of halogens is 1. The first-order valence-electron chi connectivity index (χ1n) is 8.84. The number of hydrogen-bond acceptors (Lipinski definition) is 5. The molecule has 0 amide bonds. The lowest BCUT2D eigenvalue weighted by molar-refractivity contribution is 0.415. The molecule has 0 bridgehead atoms.